The first-order valence-corrected chi connectivity index (χ1v) is 9.94. The molecule has 0 aromatic rings. The standard InChI is InChI=1S/C13H25BrN2O2S/c1-12-6-2-3-10-15(12)19(17,18)16-11-5-8-13(16)7-4-9-14/h12-13H,2-11H2,1H3. The normalized spacial score (nSPS) is 30.8. The second kappa shape index (κ2) is 6.87. The van der Waals surface area contributed by atoms with Gasteiger partial charge in [-0.15, -0.1) is 0 Å². The van der Waals surface area contributed by atoms with E-state index < -0.39 is 10.2 Å². The first-order chi connectivity index (χ1) is 9.07. The summed E-state index contributed by atoms with van der Waals surface area (Å²) < 4.78 is 29.1. The van der Waals surface area contributed by atoms with Crippen LogP contribution in [-0.4, -0.2) is 47.5 Å². The minimum absolute atomic E-state index is 0.163. The molecule has 19 heavy (non-hydrogen) atoms. The molecule has 2 heterocycles. The first-order valence-electron chi connectivity index (χ1n) is 7.42. The lowest BCUT2D eigenvalue weighted by atomic mass is 10.1. The highest BCUT2D eigenvalue weighted by Crippen LogP contribution is 2.30. The molecule has 0 aromatic heterocycles. The Balaban J connectivity index is 2.09. The van der Waals surface area contributed by atoms with Crippen LogP contribution in [0.1, 0.15) is 51.9 Å². The topological polar surface area (TPSA) is 40.6 Å². The summed E-state index contributed by atoms with van der Waals surface area (Å²) in [5, 5.41) is 0.956. The van der Waals surface area contributed by atoms with Gasteiger partial charge in [-0.05, 0) is 45.4 Å². The number of alkyl halides is 1. The molecule has 0 spiro atoms. The second-order valence-electron chi connectivity index (χ2n) is 5.70. The van der Waals surface area contributed by atoms with Crippen molar-refractivity contribution in [3.8, 4) is 0 Å². The highest BCUT2D eigenvalue weighted by molar-refractivity contribution is 9.09. The summed E-state index contributed by atoms with van der Waals surface area (Å²) in [4.78, 5) is 0. The molecule has 2 atom stereocenters. The molecule has 2 aliphatic rings. The molecule has 0 radical (unpaired) electrons. The van der Waals surface area contributed by atoms with Crippen LogP contribution in [0.2, 0.25) is 0 Å². The van der Waals surface area contributed by atoms with Crippen LogP contribution in [0, 0.1) is 0 Å². The molecule has 0 bridgehead atoms. The van der Waals surface area contributed by atoms with Crippen LogP contribution in [0.3, 0.4) is 0 Å². The van der Waals surface area contributed by atoms with Gasteiger partial charge in [0, 0.05) is 30.5 Å². The third kappa shape index (κ3) is 3.52. The lowest BCUT2D eigenvalue weighted by Crippen LogP contribution is -2.51. The third-order valence-corrected chi connectivity index (χ3v) is 7.10. The third-order valence-electron chi connectivity index (χ3n) is 4.33. The van der Waals surface area contributed by atoms with Crippen molar-refractivity contribution in [1.82, 2.24) is 8.61 Å². The molecule has 0 aromatic carbocycles. The zero-order chi connectivity index (χ0) is 13.9. The predicted molar refractivity (Wildman–Crippen MR) is 81.7 cm³/mol. The smallest absolute Gasteiger partial charge is 0.195 e. The number of piperidine rings is 1. The fraction of sp³-hybridized carbons (Fsp3) is 1.00. The quantitative estimate of drug-likeness (QED) is 0.713. The Labute approximate surface area is 125 Å². The van der Waals surface area contributed by atoms with E-state index in [-0.39, 0.29) is 12.1 Å². The fourth-order valence-corrected chi connectivity index (χ4v) is 5.72. The average molecular weight is 353 g/mol. The van der Waals surface area contributed by atoms with Crippen molar-refractivity contribution in [2.24, 2.45) is 0 Å². The van der Waals surface area contributed by atoms with Crippen molar-refractivity contribution < 1.29 is 8.42 Å². The highest BCUT2D eigenvalue weighted by atomic mass is 79.9. The van der Waals surface area contributed by atoms with E-state index in [4.69, 9.17) is 0 Å². The summed E-state index contributed by atoms with van der Waals surface area (Å²) in [7, 11) is -3.24. The molecule has 0 aliphatic carbocycles. The number of halogens is 1. The Morgan fingerprint density at radius 3 is 2.53 bits per heavy atom. The molecular weight excluding hydrogens is 328 g/mol. The largest absolute Gasteiger partial charge is 0.282 e. The van der Waals surface area contributed by atoms with E-state index in [1.165, 1.54) is 0 Å². The van der Waals surface area contributed by atoms with Gasteiger partial charge < -0.3 is 0 Å². The lowest BCUT2D eigenvalue weighted by Gasteiger charge is -2.37. The Morgan fingerprint density at radius 2 is 1.84 bits per heavy atom. The Morgan fingerprint density at radius 1 is 1.11 bits per heavy atom. The minimum Gasteiger partial charge on any atom is -0.195 e. The van der Waals surface area contributed by atoms with E-state index in [0.717, 1.165) is 50.3 Å². The maximum Gasteiger partial charge on any atom is 0.282 e. The van der Waals surface area contributed by atoms with Gasteiger partial charge in [-0.2, -0.15) is 17.0 Å². The molecule has 112 valence electrons. The van der Waals surface area contributed by atoms with Gasteiger partial charge >= 0.3 is 0 Å². The predicted octanol–water partition coefficient (Wildman–Crippen LogP) is 2.75. The molecule has 2 fully saturated rings. The van der Waals surface area contributed by atoms with Gasteiger partial charge in [0.15, 0.2) is 0 Å². The van der Waals surface area contributed by atoms with Gasteiger partial charge in [0.1, 0.15) is 0 Å². The molecule has 2 aliphatic heterocycles. The SMILES string of the molecule is CC1CCCCN1S(=O)(=O)N1CCCC1CCCBr. The van der Waals surface area contributed by atoms with Crippen molar-refractivity contribution in [3.05, 3.63) is 0 Å². The summed E-state index contributed by atoms with van der Waals surface area (Å²) in [5.41, 5.74) is 0. The number of hydrogen-bond donors (Lipinski definition) is 0. The zero-order valence-corrected chi connectivity index (χ0v) is 14.1. The summed E-state index contributed by atoms with van der Waals surface area (Å²) in [6.07, 6.45) is 7.21. The van der Waals surface area contributed by atoms with Crippen molar-refractivity contribution >= 4 is 26.1 Å². The summed E-state index contributed by atoms with van der Waals surface area (Å²) >= 11 is 3.43. The van der Waals surface area contributed by atoms with Crippen molar-refractivity contribution in [1.29, 1.82) is 0 Å². The summed E-state index contributed by atoms with van der Waals surface area (Å²) in [6, 6.07) is 0.382. The molecule has 4 nitrogen and oxygen atoms in total. The van der Waals surface area contributed by atoms with E-state index in [1.807, 2.05) is 6.92 Å². The Bertz CT molecular complexity index is 388. The minimum atomic E-state index is -3.24. The molecule has 2 rings (SSSR count). The van der Waals surface area contributed by atoms with Gasteiger partial charge in [-0.1, -0.05) is 22.4 Å². The molecule has 2 saturated heterocycles. The second-order valence-corrected chi connectivity index (χ2v) is 8.33. The van der Waals surface area contributed by atoms with E-state index >= 15 is 0 Å². The molecule has 6 heteroatoms. The van der Waals surface area contributed by atoms with Crippen LogP contribution in [0.25, 0.3) is 0 Å². The van der Waals surface area contributed by atoms with E-state index in [9.17, 15) is 8.42 Å². The van der Waals surface area contributed by atoms with Crippen LogP contribution >= 0.6 is 15.9 Å². The molecule has 0 N–H and O–H groups in total. The molecule has 2 unspecified atom stereocenters. The average Bonchev–Trinajstić information content (AvgIpc) is 2.85. The monoisotopic (exact) mass is 352 g/mol. The van der Waals surface area contributed by atoms with E-state index in [1.54, 1.807) is 8.61 Å². The van der Waals surface area contributed by atoms with E-state index in [0.29, 0.717) is 13.1 Å². The maximum atomic E-state index is 12.8. The van der Waals surface area contributed by atoms with Crippen molar-refractivity contribution in [2.45, 2.75) is 64.0 Å². The zero-order valence-electron chi connectivity index (χ0n) is 11.7. The summed E-state index contributed by atoms with van der Waals surface area (Å²) in [6.45, 7) is 3.45. The van der Waals surface area contributed by atoms with E-state index in [2.05, 4.69) is 15.9 Å². The van der Waals surface area contributed by atoms with Gasteiger partial charge in [-0.3, -0.25) is 0 Å². The number of hydrogen-bond acceptors (Lipinski definition) is 2. The molecule has 0 saturated carbocycles. The Kier molecular flexibility index (Phi) is 5.69. The number of nitrogens with zero attached hydrogens (tertiary/aromatic N) is 2. The maximum absolute atomic E-state index is 12.8. The van der Waals surface area contributed by atoms with Crippen molar-refractivity contribution in [3.63, 3.8) is 0 Å². The summed E-state index contributed by atoms with van der Waals surface area (Å²) in [5.74, 6) is 0. The van der Waals surface area contributed by atoms with Crippen molar-refractivity contribution in [2.75, 3.05) is 18.4 Å². The highest BCUT2D eigenvalue weighted by Gasteiger charge is 2.40. The molecular formula is C13H25BrN2O2S. The van der Waals surface area contributed by atoms with Crippen LogP contribution in [0.5, 0.6) is 0 Å². The first kappa shape index (κ1) is 15.7. The van der Waals surface area contributed by atoms with Crippen LogP contribution in [-0.2, 0) is 10.2 Å². The van der Waals surface area contributed by atoms with Gasteiger partial charge in [0.2, 0.25) is 0 Å². The van der Waals surface area contributed by atoms with Crippen LogP contribution in [0.4, 0.5) is 0 Å². The van der Waals surface area contributed by atoms with Gasteiger partial charge in [0.25, 0.3) is 10.2 Å². The molecule has 0 amide bonds. The van der Waals surface area contributed by atoms with Gasteiger partial charge in [-0.25, -0.2) is 0 Å². The van der Waals surface area contributed by atoms with Crippen LogP contribution < -0.4 is 0 Å². The van der Waals surface area contributed by atoms with Crippen LogP contribution in [0.15, 0.2) is 0 Å². The van der Waals surface area contributed by atoms with Gasteiger partial charge in [0.05, 0.1) is 0 Å². The lowest BCUT2D eigenvalue weighted by molar-refractivity contribution is 0.238. The fourth-order valence-electron chi connectivity index (χ4n) is 3.26. The number of rotatable bonds is 5. The Hall–Kier alpha value is 0.350.